The molecule has 0 aliphatic rings. The third-order valence-electron chi connectivity index (χ3n) is 5.65. The van der Waals surface area contributed by atoms with Crippen LogP contribution < -0.4 is 11.5 Å². The standard InChI is InChI=1S/2C14H10N2O/c2*15-14(17)10-5-3-7-13-11(10)8-9-4-1-2-6-12(9)16-13/h2*1-8H,(H2,15,17). The molecule has 164 valence electrons. The van der Waals surface area contributed by atoms with Gasteiger partial charge in [0.2, 0.25) is 11.8 Å². The van der Waals surface area contributed by atoms with E-state index in [-0.39, 0.29) is 0 Å². The zero-order valence-electron chi connectivity index (χ0n) is 18.1. The Morgan fingerprint density at radius 1 is 0.500 bits per heavy atom. The van der Waals surface area contributed by atoms with E-state index in [0.717, 1.165) is 43.6 Å². The van der Waals surface area contributed by atoms with Crippen LogP contribution in [0.5, 0.6) is 0 Å². The molecule has 0 saturated heterocycles. The molecule has 2 amide bonds. The predicted molar refractivity (Wildman–Crippen MR) is 136 cm³/mol. The summed E-state index contributed by atoms with van der Waals surface area (Å²) in [5.74, 6) is -0.847. The van der Waals surface area contributed by atoms with E-state index in [1.165, 1.54) is 0 Å². The van der Waals surface area contributed by atoms with Gasteiger partial charge in [0, 0.05) is 32.7 Å². The quantitative estimate of drug-likeness (QED) is 0.367. The second-order valence-electron chi connectivity index (χ2n) is 7.84. The maximum absolute atomic E-state index is 11.3. The van der Waals surface area contributed by atoms with E-state index in [2.05, 4.69) is 9.97 Å². The minimum absolute atomic E-state index is 0.423. The zero-order valence-corrected chi connectivity index (χ0v) is 18.1. The van der Waals surface area contributed by atoms with Gasteiger partial charge in [0.15, 0.2) is 0 Å². The summed E-state index contributed by atoms with van der Waals surface area (Å²) in [6, 6.07) is 30.3. The molecule has 0 radical (unpaired) electrons. The van der Waals surface area contributed by atoms with Crippen LogP contribution in [-0.2, 0) is 0 Å². The van der Waals surface area contributed by atoms with Gasteiger partial charge in [0.05, 0.1) is 22.1 Å². The van der Waals surface area contributed by atoms with Crippen molar-refractivity contribution in [2.24, 2.45) is 11.5 Å². The number of carbonyl (C=O) groups is 2. The molecule has 6 nitrogen and oxygen atoms in total. The first kappa shape index (κ1) is 21.0. The highest BCUT2D eigenvalue weighted by molar-refractivity contribution is 6.09. The smallest absolute Gasteiger partial charge is 0.249 e. The Morgan fingerprint density at radius 3 is 1.29 bits per heavy atom. The lowest BCUT2D eigenvalue weighted by atomic mass is 10.1. The van der Waals surface area contributed by atoms with Gasteiger partial charge in [-0.2, -0.15) is 0 Å². The van der Waals surface area contributed by atoms with Gasteiger partial charge in [0.1, 0.15) is 0 Å². The largest absolute Gasteiger partial charge is 0.366 e. The maximum atomic E-state index is 11.3. The lowest BCUT2D eigenvalue weighted by molar-refractivity contribution is 0.0993. The number of benzene rings is 4. The molecular weight excluding hydrogens is 424 g/mol. The van der Waals surface area contributed by atoms with Crippen molar-refractivity contribution >= 4 is 55.4 Å². The fraction of sp³-hybridized carbons (Fsp3) is 0. The number of nitrogens with two attached hydrogens (primary N) is 2. The molecule has 0 saturated carbocycles. The van der Waals surface area contributed by atoms with E-state index in [9.17, 15) is 9.59 Å². The number of amides is 2. The van der Waals surface area contributed by atoms with Crippen molar-refractivity contribution in [1.82, 2.24) is 9.97 Å². The van der Waals surface area contributed by atoms with Crippen LogP contribution in [0, 0.1) is 0 Å². The number of pyridine rings is 2. The van der Waals surface area contributed by atoms with Gasteiger partial charge in [-0.1, -0.05) is 48.5 Å². The molecule has 34 heavy (non-hydrogen) atoms. The van der Waals surface area contributed by atoms with Crippen molar-refractivity contribution in [2.45, 2.75) is 0 Å². The summed E-state index contributed by atoms with van der Waals surface area (Å²) in [7, 11) is 0. The first-order chi connectivity index (χ1) is 16.5. The van der Waals surface area contributed by atoms with Crippen molar-refractivity contribution in [3.63, 3.8) is 0 Å². The van der Waals surface area contributed by atoms with Gasteiger partial charge in [-0.15, -0.1) is 0 Å². The zero-order chi connectivity index (χ0) is 23.7. The van der Waals surface area contributed by atoms with E-state index in [1.54, 1.807) is 24.3 Å². The molecule has 0 fully saturated rings. The summed E-state index contributed by atoms with van der Waals surface area (Å²) in [4.78, 5) is 31.7. The predicted octanol–water partition coefficient (Wildman–Crippen LogP) is 4.97. The number of nitrogens with zero attached hydrogens (tertiary/aromatic N) is 2. The fourth-order valence-electron chi connectivity index (χ4n) is 4.03. The third kappa shape index (κ3) is 3.89. The van der Waals surface area contributed by atoms with Crippen LogP contribution in [0.15, 0.2) is 97.1 Å². The average Bonchev–Trinajstić information content (AvgIpc) is 2.85. The van der Waals surface area contributed by atoms with Crippen molar-refractivity contribution in [1.29, 1.82) is 0 Å². The molecule has 0 unspecified atom stereocenters. The van der Waals surface area contributed by atoms with Crippen molar-refractivity contribution in [3.8, 4) is 0 Å². The number of hydrogen-bond acceptors (Lipinski definition) is 4. The van der Waals surface area contributed by atoms with Crippen LogP contribution in [-0.4, -0.2) is 21.8 Å². The minimum Gasteiger partial charge on any atom is -0.366 e. The van der Waals surface area contributed by atoms with E-state index >= 15 is 0 Å². The van der Waals surface area contributed by atoms with E-state index in [4.69, 9.17) is 11.5 Å². The summed E-state index contributed by atoms with van der Waals surface area (Å²) in [6.07, 6.45) is 0. The van der Waals surface area contributed by atoms with Crippen LogP contribution in [0.3, 0.4) is 0 Å². The lowest BCUT2D eigenvalue weighted by Gasteiger charge is -2.04. The van der Waals surface area contributed by atoms with E-state index in [0.29, 0.717) is 11.1 Å². The van der Waals surface area contributed by atoms with Crippen molar-refractivity contribution < 1.29 is 9.59 Å². The SMILES string of the molecule is NC(=O)c1cccc2nc3ccccc3cc12.NC(=O)c1cccc2nc3ccccc3cc12. The van der Waals surface area contributed by atoms with Gasteiger partial charge < -0.3 is 11.5 Å². The molecule has 6 heteroatoms. The van der Waals surface area contributed by atoms with Crippen LogP contribution in [0.2, 0.25) is 0 Å². The number of aromatic nitrogens is 2. The molecule has 0 atom stereocenters. The second kappa shape index (κ2) is 8.60. The Hall–Kier alpha value is -4.84. The molecule has 0 aliphatic heterocycles. The molecule has 2 heterocycles. The Balaban J connectivity index is 0.000000142. The Morgan fingerprint density at radius 2 is 0.882 bits per heavy atom. The second-order valence-corrected chi connectivity index (χ2v) is 7.84. The maximum Gasteiger partial charge on any atom is 0.249 e. The van der Waals surface area contributed by atoms with Crippen LogP contribution in [0.4, 0.5) is 0 Å². The monoisotopic (exact) mass is 444 g/mol. The summed E-state index contributed by atoms with van der Waals surface area (Å²) in [6.45, 7) is 0. The van der Waals surface area contributed by atoms with Gasteiger partial charge >= 0.3 is 0 Å². The number of carbonyl (C=O) groups excluding carboxylic acids is 2. The van der Waals surface area contributed by atoms with Gasteiger partial charge in [0.25, 0.3) is 0 Å². The molecule has 6 aromatic rings. The van der Waals surface area contributed by atoms with Crippen LogP contribution >= 0.6 is 0 Å². The number of primary amides is 2. The molecule has 6 rings (SSSR count). The number of fused-ring (bicyclic) bond motifs is 4. The van der Waals surface area contributed by atoms with Crippen molar-refractivity contribution in [2.75, 3.05) is 0 Å². The molecule has 4 N–H and O–H groups in total. The molecular formula is C28H20N4O2. The highest BCUT2D eigenvalue weighted by Crippen LogP contribution is 2.23. The molecule has 4 aromatic carbocycles. The molecule has 0 bridgehead atoms. The van der Waals surface area contributed by atoms with Gasteiger partial charge in [-0.3, -0.25) is 9.59 Å². The highest BCUT2D eigenvalue weighted by atomic mass is 16.1. The Bertz CT molecular complexity index is 1600. The van der Waals surface area contributed by atoms with Gasteiger partial charge in [-0.25, -0.2) is 9.97 Å². The highest BCUT2D eigenvalue weighted by Gasteiger charge is 2.09. The summed E-state index contributed by atoms with van der Waals surface area (Å²) >= 11 is 0. The minimum atomic E-state index is -0.423. The number of rotatable bonds is 2. The summed E-state index contributed by atoms with van der Waals surface area (Å²) < 4.78 is 0. The fourth-order valence-corrected chi connectivity index (χ4v) is 4.03. The van der Waals surface area contributed by atoms with E-state index < -0.39 is 11.8 Å². The van der Waals surface area contributed by atoms with E-state index in [1.807, 2.05) is 72.8 Å². The van der Waals surface area contributed by atoms with Crippen LogP contribution in [0.25, 0.3) is 43.6 Å². The Labute approximate surface area is 194 Å². The first-order valence-electron chi connectivity index (χ1n) is 10.7. The summed E-state index contributed by atoms with van der Waals surface area (Å²) in [5, 5.41) is 3.62. The van der Waals surface area contributed by atoms with Crippen LogP contribution in [0.1, 0.15) is 20.7 Å². The Kier molecular flexibility index (Phi) is 5.32. The first-order valence-corrected chi connectivity index (χ1v) is 10.7. The topological polar surface area (TPSA) is 112 Å². The normalized spacial score (nSPS) is 10.8. The number of para-hydroxylation sites is 2. The number of hydrogen-bond donors (Lipinski definition) is 2. The third-order valence-corrected chi connectivity index (χ3v) is 5.65. The van der Waals surface area contributed by atoms with Crippen molar-refractivity contribution in [3.05, 3.63) is 108 Å². The summed E-state index contributed by atoms with van der Waals surface area (Å²) in [5.41, 5.74) is 15.2. The lowest BCUT2D eigenvalue weighted by Crippen LogP contribution is -2.11. The van der Waals surface area contributed by atoms with Gasteiger partial charge in [-0.05, 0) is 48.5 Å². The molecule has 2 aromatic heterocycles. The molecule has 0 spiro atoms. The average molecular weight is 444 g/mol. The molecule has 0 aliphatic carbocycles.